The Morgan fingerprint density at radius 3 is 2.31 bits per heavy atom. The standard InChI is InChI=1S/C15H23Cl/c1-5-6-13-9-12(4)15(16)10-14(13)8-7-11(2)3/h9-11H,5-8H2,1-4H3. The first-order valence-electron chi connectivity index (χ1n) is 6.32. The molecule has 16 heavy (non-hydrogen) atoms. The molecule has 0 fully saturated rings. The molecule has 1 heteroatoms. The van der Waals surface area contributed by atoms with E-state index in [0.29, 0.717) is 0 Å². The number of halogens is 1. The lowest BCUT2D eigenvalue weighted by molar-refractivity contribution is 0.584. The van der Waals surface area contributed by atoms with E-state index in [4.69, 9.17) is 11.6 Å². The van der Waals surface area contributed by atoms with Crippen LogP contribution in [0.5, 0.6) is 0 Å². The Kier molecular flexibility index (Phi) is 5.34. The van der Waals surface area contributed by atoms with Crippen LogP contribution in [0.1, 0.15) is 50.3 Å². The summed E-state index contributed by atoms with van der Waals surface area (Å²) in [5, 5.41) is 0.915. The zero-order chi connectivity index (χ0) is 12.1. The van der Waals surface area contributed by atoms with Crippen LogP contribution in [0.3, 0.4) is 0 Å². The van der Waals surface area contributed by atoms with E-state index in [0.717, 1.165) is 17.4 Å². The van der Waals surface area contributed by atoms with Crippen molar-refractivity contribution >= 4 is 11.6 Å². The smallest absolute Gasteiger partial charge is 0.0438 e. The Hall–Kier alpha value is -0.490. The highest BCUT2D eigenvalue weighted by Crippen LogP contribution is 2.24. The first-order valence-corrected chi connectivity index (χ1v) is 6.70. The average molecular weight is 239 g/mol. The molecule has 0 aliphatic carbocycles. The minimum Gasteiger partial charge on any atom is -0.0840 e. The lowest BCUT2D eigenvalue weighted by atomic mass is 9.95. The van der Waals surface area contributed by atoms with Gasteiger partial charge in [-0.1, -0.05) is 44.9 Å². The maximum atomic E-state index is 6.20. The van der Waals surface area contributed by atoms with Crippen LogP contribution in [0, 0.1) is 12.8 Å². The summed E-state index contributed by atoms with van der Waals surface area (Å²) in [4.78, 5) is 0. The highest BCUT2D eigenvalue weighted by molar-refractivity contribution is 6.31. The molecule has 0 bridgehead atoms. The third kappa shape index (κ3) is 3.83. The Bertz CT molecular complexity index is 340. The molecule has 0 atom stereocenters. The molecular weight excluding hydrogens is 216 g/mol. The van der Waals surface area contributed by atoms with Gasteiger partial charge in [0, 0.05) is 5.02 Å². The van der Waals surface area contributed by atoms with Crippen molar-refractivity contribution in [3.05, 3.63) is 33.8 Å². The predicted molar refractivity (Wildman–Crippen MR) is 73.3 cm³/mol. The molecule has 1 rings (SSSR count). The molecule has 0 aromatic heterocycles. The summed E-state index contributed by atoms with van der Waals surface area (Å²) >= 11 is 6.20. The lowest BCUT2D eigenvalue weighted by Gasteiger charge is -2.12. The van der Waals surface area contributed by atoms with Crippen LogP contribution < -0.4 is 0 Å². The zero-order valence-electron chi connectivity index (χ0n) is 10.9. The van der Waals surface area contributed by atoms with E-state index in [2.05, 4.69) is 39.8 Å². The molecule has 0 saturated heterocycles. The van der Waals surface area contributed by atoms with E-state index >= 15 is 0 Å². The van der Waals surface area contributed by atoms with Crippen LogP contribution >= 0.6 is 11.6 Å². The maximum absolute atomic E-state index is 6.20. The van der Waals surface area contributed by atoms with Crippen molar-refractivity contribution < 1.29 is 0 Å². The summed E-state index contributed by atoms with van der Waals surface area (Å²) in [5.41, 5.74) is 4.15. The average Bonchev–Trinajstić information content (AvgIpc) is 2.21. The normalized spacial score (nSPS) is 11.1. The van der Waals surface area contributed by atoms with Crippen LogP contribution in [-0.4, -0.2) is 0 Å². The number of hydrogen-bond acceptors (Lipinski definition) is 0. The third-order valence-electron chi connectivity index (χ3n) is 2.99. The highest BCUT2D eigenvalue weighted by atomic mass is 35.5. The van der Waals surface area contributed by atoms with Crippen molar-refractivity contribution in [2.75, 3.05) is 0 Å². The minimum atomic E-state index is 0.759. The van der Waals surface area contributed by atoms with Crippen LogP contribution in [0.4, 0.5) is 0 Å². The summed E-state index contributed by atoms with van der Waals surface area (Å²) < 4.78 is 0. The maximum Gasteiger partial charge on any atom is 0.0438 e. The van der Waals surface area contributed by atoms with Crippen molar-refractivity contribution in [2.45, 2.75) is 53.4 Å². The van der Waals surface area contributed by atoms with Crippen molar-refractivity contribution in [3.8, 4) is 0 Å². The van der Waals surface area contributed by atoms with Gasteiger partial charge in [0.2, 0.25) is 0 Å². The SMILES string of the molecule is CCCc1cc(C)c(Cl)cc1CCC(C)C. The molecular formula is C15H23Cl. The topological polar surface area (TPSA) is 0 Å². The van der Waals surface area contributed by atoms with Crippen LogP contribution in [0.15, 0.2) is 12.1 Å². The summed E-state index contributed by atoms with van der Waals surface area (Å²) in [6.07, 6.45) is 4.78. The fourth-order valence-corrected chi connectivity index (χ4v) is 2.15. The van der Waals surface area contributed by atoms with Crippen molar-refractivity contribution in [1.29, 1.82) is 0 Å². The van der Waals surface area contributed by atoms with Gasteiger partial charge in [-0.2, -0.15) is 0 Å². The van der Waals surface area contributed by atoms with E-state index in [-0.39, 0.29) is 0 Å². The van der Waals surface area contributed by atoms with Gasteiger partial charge in [0.25, 0.3) is 0 Å². The second-order valence-corrected chi connectivity index (χ2v) is 5.46. The predicted octanol–water partition coefficient (Wildman–Crippen LogP) is 5.19. The zero-order valence-corrected chi connectivity index (χ0v) is 11.7. The molecule has 0 nitrogen and oxygen atoms in total. The Labute approximate surface area is 105 Å². The highest BCUT2D eigenvalue weighted by Gasteiger charge is 2.06. The molecule has 1 aromatic rings. The number of benzene rings is 1. The molecule has 1 aromatic carbocycles. The molecule has 0 amide bonds. The second kappa shape index (κ2) is 6.30. The van der Waals surface area contributed by atoms with Gasteiger partial charge in [-0.3, -0.25) is 0 Å². The molecule has 90 valence electrons. The molecule has 0 aliphatic heterocycles. The van der Waals surface area contributed by atoms with Gasteiger partial charge in [0.15, 0.2) is 0 Å². The monoisotopic (exact) mass is 238 g/mol. The summed E-state index contributed by atoms with van der Waals surface area (Å²) in [6.45, 7) is 8.87. The van der Waals surface area contributed by atoms with E-state index in [1.54, 1.807) is 0 Å². The second-order valence-electron chi connectivity index (χ2n) is 5.05. The van der Waals surface area contributed by atoms with E-state index in [9.17, 15) is 0 Å². The van der Waals surface area contributed by atoms with Crippen LogP contribution in [0.2, 0.25) is 5.02 Å². The van der Waals surface area contributed by atoms with E-state index in [1.807, 2.05) is 0 Å². The van der Waals surface area contributed by atoms with Gasteiger partial charge in [0.05, 0.1) is 0 Å². The molecule has 0 spiro atoms. The first-order chi connectivity index (χ1) is 7.54. The number of hydrogen-bond donors (Lipinski definition) is 0. The van der Waals surface area contributed by atoms with Gasteiger partial charge in [-0.25, -0.2) is 0 Å². The third-order valence-corrected chi connectivity index (χ3v) is 3.40. The van der Waals surface area contributed by atoms with Crippen molar-refractivity contribution in [2.24, 2.45) is 5.92 Å². The van der Waals surface area contributed by atoms with Gasteiger partial charge in [-0.15, -0.1) is 0 Å². The van der Waals surface area contributed by atoms with E-state index < -0.39 is 0 Å². The minimum absolute atomic E-state index is 0.759. The lowest BCUT2D eigenvalue weighted by Crippen LogP contribution is -1.99. The Morgan fingerprint density at radius 2 is 1.75 bits per heavy atom. The fraction of sp³-hybridized carbons (Fsp3) is 0.600. The first kappa shape index (κ1) is 13.6. The van der Waals surface area contributed by atoms with E-state index in [1.165, 1.54) is 36.0 Å². The van der Waals surface area contributed by atoms with Gasteiger partial charge >= 0.3 is 0 Å². The molecule has 0 aliphatic rings. The van der Waals surface area contributed by atoms with Gasteiger partial charge < -0.3 is 0 Å². The molecule has 0 N–H and O–H groups in total. The Morgan fingerprint density at radius 1 is 1.12 bits per heavy atom. The Balaban J connectivity index is 2.90. The van der Waals surface area contributed by atoms with Crippen molar-refractivity contribution in [1.82, 2.24) is 0 Å². The molecule has 0 unspecified atom stereocenters. The quantitative estimate of drug-likeness (QED) is 0.662. The summed E-state index contributed by atoms with van der Waals surface area (Å²) in [7, 11) is 0. The molecule has 0 radical (unpaired) electrons. The summed E-state index contributed by atoms with van der Waals surface area (Å²) in [5.74, 6) is 0.759. The molecule has 0 saturated carbocycles. The number of aryl methyl sites for hydroxylation is 3. The fourth-order valence-electron chi connectivity index (χ4n) is 1.96. The summed E-state index contributed by atoms with van der Waals surface area (Å²) in [6, 6.07) is 4.44. The largest absolute Gasteiger partial charge is 0.0840 e. The number of rotatable bonds is 5. The van der Waals surface area contributed by atoms with Gasteiger partial charge in [0.1, 0.15) is 0 Å². The molecule has 0 heterocycles. The van der Waals surface area contributed by atoms with Crippen LogP contribution in [0.25, 0.3) is 0 Å². The van der Waals surface area contributed by atoms with Crippen molar-refractivity contribution in [3.63, 3.8) is 0 Å². The van der Waals surface area contributed by atoms with Gasteiger partial charge in [-0.05, 0) is 54.9 Å². The van der Waals surface area contributed by atoms with Crippen LogP contribution in [-0.2, 0) is 12.8 Å².